The van der Waals surface area contributed by atoms with Crippen LogP contribution in [0.5, 0.6) is 0 Å². The number of rotatable bonds is 5. The summed E-state index contributed by atoms with van der Waals surface area (Å²) < 4.78 is 7.13. The van der Waals surface area contributed by atoms with E-state index in [-0.39, 0.29) is 5.69 Å². The Morgan fingerprint density at radius 2 is 1.79 bits per heavy atom. The Morgan fingerprint density at radius 3 is 2.41 bits per heavy atom. The van der Waals surface area contributed by atoms with Crippen molar-refractivity contribution < 1.29 is 14.3 Å². The maximum Gasteiger partial charge on any atom is 0.337 e. The van der Waals surface area contributed by atoms with Crippen LogP contribution < -0.4 is 4.42 Å². The predicted octanol–water partition coefficient (Wildman–Crippen LogP) is 4.53. The predicted molar refractivity (Wildman–Crippen MR) is 111 cm³/mol. The van der Waals surface area contributed by atoms with Gasteiger partial charge in [0.15, 0.2) is 5.69 Å². The number of hydrogen-bond acceptors (Lipinski definition) is 5. The molecule has 3 rings (SSSR count). The second kappa shape index (κ2) is 8.82. The van der Waals surface area contributed by atoms with E-state index < -0.39 is 11.9 Å². The molecule has 3 aromatic rings. The molecule has 0 aliphatic carbocycles. The molecule has 0 fully saturated rings. The largest absolute Gasteiger partial charge is 0.465 e. The number of carbonyl (C=O) groups excluding carboxylic acids is 2. The molecule has 0 aliphatic rings. The number of halogens is 3. The molecule has 0 spiro atoms. The second-order valence-corrected chi connectivity index (χ2v) is 7.21. The average Bonchev–Trinajstić information content (AvgIpc) is 3.09. The van der Waals surface area contributed by atoms with E-state index in [1.165, 1.54) is 31.4 Å². The van der Waals surface area contributed by atoms with Crippen LogP contribution in [0.1, 0.15) is 32.1 Å². The molecule has 0 atom stereocenters. The Hall–Kier alpha value is -2.61. The van der Waals surface area contributed by atoms with E-state index in [0.29, 0.717) is 33.5 Å². The van der Waals surface area contributed by atoms with Gasteiger partial charge in [0.05, 0.1) is 40.6 Å². The van der Waals surface area contributed by atoms with Crippen molar-refractivity contribution in [3.8, 4) is 0 Å². The first-order chi connectivity index (χ1) is 13.8. The van der Waals surface area contributed by atoms with E-state index in [0.717, 1.165) is 9.98 Å². The third-order valence-electron chi connectivity index (χ3n) is 4.19. The number of carbonyl (C=O) groups is 2. The van der Waals surface area contributed by atoms with E-state index in [9.17, 15) is 9.59 Å². The standard InChI is InChI=1S/C19H15Cl3N4O3/c1-11-17(23-24-25(11)10-12-3-8-15(20)16(21)9-12)18(27)26(22)14-6-4-13(5-7-14)19(28)29-2/h3-9H,10H2,1-2H3. The Kier molecular flexibility index (Phi) is 6.42. The zero-order chi connectivity index (χ0) is 21.1. The van der Waals surface area contributed by atoms with Crippen LogP contribution in [0.4, 0.5) is 5.69 Å². The highest BCUT2D eigenvalue weighted by Crippen LogP contribution is 2.24. The van der Waals surface area contributed by atoms with Gasteiger partial charge in [-0.25, -0.2) is 13.9 Å². The summed E-state index contributed by atoms with van der Waals surface area (Å²) in [5.74, 6) is -1.03. The Bertz CT molecular complexity index is 1070. The van der Waals surface area contributed by atoms with Crippen LogP contribution in [-0.4, -0.2) is 34.0 Å². The number of benzene rings is 2. The molecule has 150 valence electrons. The molecule has 0 aliphatic heterocycles. The van der Waals surface area contributed by atoms with Crippen molar-refractivity contribution in [3.63, 3.8) is 0 Å². The van der Waals surface area contributed by atoms with Crippen molar-refractivity contribution in [2.75, 3.05) is 11.5 Å². The molecular formula is C19H15Cl3N4O3. The first-order valence-electron chi connectivity index (χ1n) is 8.34. The lowest BCUT2D eigenvalue weighted by molar-refractivity contribution is 0.0600. The first kappa shape index (κ1) is 21.1. The second-order valence-electron chi connectivity index (χ2n) is 6.05. The van der Waals surface area contributed by atoms with Crippen LogP contribution >= 0.6 is 35.0 Å². The molecule has 1 aromatic heterocycles. The molecule has 0 saturated carbocycles. The SMILES string of the molecule is COC(=O)c1ccc(N(Cl)C(=O)c2nnn(Cc3ccc(Cl)c(Cl)c3)c2C)cc1. The summed E-state index contributed by atoms with van der Waals surface area (Å²) in [6.07, 6.45) is 0. The van der Waals surface area contributed by atoms with Gasteiger partial charge in [-0.1, -0.05) is 34.5 Å². The maximum atomic E-state index is 12.8. The number of amides is 1. The zero-order valence-electron chi connectivity index (χ0n) is 15.4. The number of ether oxygens (including phenoxy) is 1. The fraction of sp³-hybridized carbons (Fsp3) is 0.158. The summed E-state index contributed by atoms with van der Waals surface area (Å²) in [5, 5.41) is 8.88. The van der Waals surface area contributed by atoms with Crippen LogP contribution in [0.15, 0.2) is 42.5 Å². The van der Waals surface area contributed by atoms with Crippen LogP contribution in [0.2, 0.25) is 10.0 Å². The van der Waals surface area contributed by atoms with Gasteiger partial charge in [0.2, 0.25) is 0 Å². The number of aromatic nitrogens is 3. The normalized spacial score (nSPS) is 10.7. The van der Waals surface area contributed by atoms with Crippen LogP contribution in [-0.2, 0) is 11.3 Å². The fourth-order valence-corrected chi connectivity index (χ4v) is 3.09. The number of anilines is 1. The molecule has 1 amide bonds. The van der Waals surface area contributed by atoms with Gasteiger partial charge in [0.25, 0.3) is 5.91 Å². The van der Waals surface area contributed by atoms with E-state index in [4.69, 9.17) is 35.0 Å². The van der Waals surface area contributed by atoms with Crippen molar-refractivity contribution in [3.05, 3.63) is 75.0 Å². The van der Waals surface area contributed by atoms with Crippen molar-refractivity contribution in [1.82, 2.24) is 15.0 Å². The molecule has 0 radical (unpaired) electrons. The third kappa shape index (κ3) is 4.53. The minimum absolute atomic E-state index is 0.108. The summed E-state index contributed by atoms with van der Waals surface area (Å²) >= 11 is 18.2. The highest BCUT2D eigenvalue weighted by molar-refractivity contribution is 6.42. The fourth-order valence-electron chi connectivity index (χ4n) is 2.58. The lowest BCUT2D eigenvalue weighted by Gasteiger charge is -2.13. The minimum Gasteiger partial charge on any atom is -0.465 e. The molecule has 0 unspecified atom stereocenters. The monoisotopic (exact) mass is 452 g/mol. The lowest BCUT2D eigenvalue weighted by atomic mass is 10.2. The third-order valence-corrected chi connectivity index (χ3v) is 5.28. The van der Waals surface area contributed by atoms with Gasteiger partial charge in [-0.15, -0.1) is 5.10 Å². The van der Waals surface area contributed by atoms with Gasteiger partial charge < -0.3 is 4.74 Å². The van der Waals surface area contributed by atoms with Crippen molar-refractivity contribution in [2.45, 2.75) is 13.5 Å². The van der Waals surface area contributed by atoms with Gasteiger partial charge in [-0.3, -0.25) is 4.79 Å². The highest BCUT2D eigenvalue weighted by atomic mass is 35.5. The molecule has 1 heterocycles. The molecule has 2 aromatic carbocycles. The van der Waals surface area contributed by atoms with Crippen LogP contribution in [0, 0.1) is 6.92 Å². The molecule has 7 nitrogen and oxygen atoms in total. The minimum atomic E-state index is -0.546. The summed E-state index contributed by atoms with van der Waals surface area (Å²) in [5.41, 5.74) is 2.22. The first-order valence-corrected chi connectivity index (χ1v) is 9.44. The zero-order valence-corrected chi connectivity index (χ0v) is 17.7. The summed E-state index contributed by atoms with van der Waals surface area (Å²) in [7, 11) is 1.29. The Labute approximate surface area is 181 Å². The van der Waals surface area contributed by atoms with Crippen molar-refractivity contribution in [2.24, 2.45) is 0 Å². The molecule has 0 bridgehead atoms. The number of hydrogen-bond donors (Lipinski definition) is 0. The van der Waals surface area contributed by atoms with E-state index in [1.54, 1.807) is 23.7 Å². The number of methoxy groups -OCH3 is 1. The van der Waals surface area contributed by atoms with Gasteiger partial charge in [0, 0.05) is 11.8 Å². The lowest BCUT2D eigenvalue weighted by Crippen LogP contribution is -2.22. The number of nitrogens with zero attached hydrogens (tertiary/aromatic N) is 4. The maximum absolute atomic E-state index is 12.8. The Morgan fingerprint density at radius 1 is 1.10 bits per heavy atom. The van der Waals surface area contributed by atoms with Crippen molar-refractivity contribution in [1.29, 1.82) is 0 Å². The summed E-state index contributed by atoms with van der Waals surface area (Å²) in [4.78, 5) is 24.3. The summed E-state index contributed by atoms with van der Waals surface area (Å²) in [6, 6.07) is 11.3. The number of esters is 1. The van der Waals surface area contributed by atoms with Gasteiger partial charge in [-0.05, 0) is 48.9 Å². The molecule has 10 heteroatoms. The molecular weight excluding hydrogens is 439 g/mol. The molecule has 29 heavy (non-hydrogen) atoms. The average molecular weight is 454 g/mol. The molecule has 0 N–H and O–H groups in total. The summed E-state index contributed by atoms with van der Waals surface area (Å²) in [6.45, 7) is 2.08. The molecule has 0 saturated heterocycles. The highest BCUT2D eigenvalue weighted by Gasteiger charge is 2.23. The van der Waals surface area contributed by atoms with Gasteiger partial charge >= 0.3 is 5.97 Å². The van der Waals surface area contributed by atoms with E-state index in [2.05, 4.69) is 15.0 Å². The van der Waals surface area contributed by atoms with E-state index >= 15 is 0 Å². The topological polar surface area (TPSA) is 77.3 Å². The quantitative estimate of drug-likeness (QED) is 0.419. The van der Waals surface area contributed by atoms with Gasteiger partial charge in [0.1, 0.15) is 0 Å². The van der Waals surface area contributed by atoms with Crippen LogP contribution in [0.25, 0.3) is 0 Å². The van der Waals surface area contributed by atoms with Gasteiger partial charge in [-0.2, -0.15) is 0 Å². The van der Waals surface area contributed by atoms with E-state index in [1.807, 2.05) is 6.07 Å². The Balaban J connectivity index is 1.79. The smallest absolute Gasteiger partial charge is 0.337 e. The van der Waals surface area contributed by atoms with Crippen molar-refractivity contribution >= 4 is 52.5 Å². The van der Waals surface area contributed by atoms with Crippen LogP contribution in [0.3, 0.4) is 0 Å².